The molecule has 7 heteroatoms. The van der Waals surface area contributed by atoms with Crippen LogP contribution in [0.5, 0.6) is 5.75 Å². The Balaban J connectivity index is 1.49. The largest absolute Gasteiger partial charge is 0.493 e. The van der Waals surface area contributed by atoms with Crippen molar-refractivity contribution in [3.63, 3.8) is 0 Å². The number of benzene rings is 1. The van der Waals surface area contributed by atoms with E-state index in [1.807, 2.05) is 19.9 Å². The van der Waals surface area contributed by atoms with Gasteiger partial charge in [-0.2, -0.15) is 4.80 Å². The van der Waals surface area contributed by atoms with Gasteiger partial charge in [0.25, 0.3) is 0 Å². The number of hydrogen-bond donors (Lipinski definition) is 0. The fourth-order valence-corrected chi connectivity index (χ4v) is 3.09. The molecule has 27 heavy (non-hydrogen) atoms. The molecule has 2 aromatic heterocycles. The quantitative estimate of drug-likeness (QED) is 0.529. The Labute approximate surface area is 159 Å². The van der Waals surface area contributed by atoms with Gasteiger partial charge in [-0.25, -0.2) is 0 Å². The molecule has 3 rings (SSSR count). The number of unbranched alkanes of at least 4 members (excludes halogenated alkanes) is 2. The van der Waals surface area contributed by atoms with Crippen molar-refractivity contribution in [2.24, 2.45) is 0 Å². The Morgan fingerprint density at radius 3 is 2.44 bits per heavy atom. The molecule has 0 aliphatic heterocycles. The van der Waals surface area contributed by atoms with Gasteiger partial charge in [-0.1, -0.05) is 5.16 Å². The highest BCUT2D eigenvalue weighted by Gasteiger charge is 2.11. The van der Waals surface area contributed by atoms with Gasteiger partial charge in [-0.15, -0.1) is 10.2 Å². The molecule has 0 saturated heterocycles. The molecule has 0 bridgehead atoms. The van der Waals surface area contributed by atoms with Crippen molar-refractivity contribution < 1.29 is 9.26 Å². The molecule has 7 nitrogen and oxygen atoms in total. The standard InChI is InChI=1S/C20H27N5O2/c1-5-25-22-20(21-24-25)17-11-14(2)19(15(3)12-17)26-10-8-6-7-9-18-13-16(4)23-27-18/h11-13H,5-10H2,1-4H3. The van der Waals surface area contributed by atoms with Crippen LogP contribution in [0.15, 0.2) is 22.7 Å². The van der Waals surface area contributed by atoms with Crippen LogP contribution in [-0.2, 0) is 13.0 Å². The summed E-state index contributed by atoms with van der Waals surface area (Å²) in [6.07, 6.45) is 4.12. The van der Waals surface area contributed by atoms with Crippen molar-refractivity contribution in [2.75, 3.05) is 6.61 Å². The van der Waals surface area contributed by atoms with Crippen LogP contribution < -0.4 is 4.74 Å². The minimum absolute atomic E-state index is 0.650. The zero-order chi connectivity index (χ0) is 19.2. The van der Waals surface area contributed by atoms with E-state index in [2.05, 4.69) is 46.5 Å². The maximum Gasteiger partial charge on any atom is 0.204 e. The number of ether oxygens (including phenoxy) is 1. The molecular weight excluding hydrogens is 342 g/mol. The average molecular weight is 369 g/mol. The fourth-order valence-electron chi connectivity index (χ4n) is 3.09. The summed E-state index contributed by atoms with van der Waals surface area (Å²) in [5, 5.41) is 16.4. The molecule has 0 atom stereocenters. The monoisotopic (exact) mass is 369 g/mol. The lowest BCUT2D eigenvalue weighted by Crippen LogP contribution is -2.02. The van der Waals surface area contributed by atoms with E-state index < -0.39 is 0 Å². The summed E-state index contributed by atoms with van der Waals surface area (Å²) in [5.41, 5.74) is 4.10. The van der Waals surface area contributed by atoms with Crippen LogP contribution in [0.1, 0.15) is 48.8 Å². The molecule has 3 aromatic rings. The average Bonchev–Trinajstić information content (AvgIpc) is 3.28. The first kappa shape index (κ1) is 19.1. The first-order chi connectivity index (χ1) is 13.1. The second-order valence-corrected chi connectivity index (χ2v) is 6.83. The Hall–Kier alpha value is -2.70. The summed E-state index contributed by atoms with van der Waals surface area (Å²) >= 11 is 0. The summed E-state index contributed by atoms with van der Waals surface area (Å²) in [6.45, 7) is 9.47. The van der Waals surface area contributed by atoms with Gasteiger partial charge in [0.1, 0.15) is 11.5 Å². The van der Waals surface area contributed by atoms with Crippen LogP contribution >= 0.6 is 0 Å². The number of aryl methyl sites for hydroxylation is 5. The highest BCUT2D eigenvalue weighted by molar-refractivity contribution is 5.60. The van der Waals surface area contributed by atoms with Crippen molar-refractivity contribution in [1.82, 2.24) is 25.4 Å². The van der Waals surface area contributed by atoms with Gasteiger partial charge in [-0.3, -0.25) is 0 Å². The Morgan fingerprint density at radius 1 is 1.04 bits per heavy atom. The molecule has 0 amide bonds. The van der Waals surface area contributed by atoms with E-state index in [9.17, 15) is 0 Å². The van der Waals surface area contributed by atoms with Crippen LogP contribution in [0, 0.1) is 20.8 Å². The second kappa shape index (κ2) is 8.79. The molecule has 0 unspecified atom stereocenters. The normalized spacial score (nSPS) is 11.1. The lowest BCUT2D eigenvalue weighted by atomic mass is 10.1. The summed E-state index contributed by atoms with van der Waals surface area (Å²) in [4.78, 5) is 1.59. The molecule has 144 valence electrons. The summed E-state index contributed by atoms with van der Waals surface area (Å²) in [7, 11) is 0. The first-order valence-corrected chi connectivity index (χ1v) is 9.51. The van der Waals surface area contributed by atoms with Gasteiger partial charge in [0, 0.05) is 18.1 Å². The van der Waals surface area contributed by atoms with E-state index in [0.29, 0.717) is 19.0 Å². The van der Waals surface area contributed by atoms with Crippen LogP contribution in [0.25, 0.3) is 11.4 Å². The second-order valence-electron chi connectivity index (χ2n) is 6.83. The number of nitrogens with zero attached hydrogens (tertiary/aromatic N) is 5. The Kier molecular flexibility index (Phi) is 6.21. The number of rotatable bonds is 9. The van der Waals surface area contributed by atoms with Crippen LogP contribution in [0.2, 0.25) is 0 Å². The molecule has 2 heterocycles. The predicted octanol–water partition coefficient (Wildman–Crippen LogP) is 4.07. The first-order valence-electron chi connectivity index (χ1n) is 9.51. The van der Waals surface area contributed by atoms with E-state index in [-0.39, 0.29) is 0 Å². The number of tetrazole rings is 1. The molecule has 0 N–H and O–H groups in total. The molecule has 0 saturated carbocycles. The lowest BCUT2D eigenvalue weighted by molar-refractivity contribution is 0.299. The van der Waals surface area contributed by atoms with Gasteiger partial charge in [-0.05, 0) is 75.4 Å². The molecule has 0 spiro atoms. The van der Waals surface area contributed by atoms with E-state index in [4.69, 9.17) is 9.26 Å². The topological polar surface area (TPSA) is 78.9 Å². The Bertz CT molecular complexity index is 861. The maximum absolute atomic E-state index is 6.04. The third kappa shape index (κ3) is 4.93. The van der Waals surface area contributed by atoms with E-state index >= 15 is 0 Å². The van der Waals surface area contributed by atoms with Crippen molar-refractivity contribution in [1.29, 1.82) is 0 Å². The van der Waals surface area contributed by atoms with Gasteiger partial charge >= 0.3 is 0 Å². The molecule has 0 fully saturated rings. The summed E-state index contributed by atoms with van der Waals surface area (Å²) in [5.74, 6) is 2.56. The maximum atomic E-state index is 6.04. The molecule has 0 radical (unpaired) electrons. The van der Waals surface area contributed by atoms with E-state index in [0.717, 1.165) is 59.6 Å². The molecule has 0 aliphatic rings. The van der Waals surface area contributed by atoms with Crippen molar-refractivity contribution in [2.45, 2.75) is 59.9 Å². The minimum atomic E-state index is 0.650. The van der Waals surface area contributed by atoms with Crippen molar-refractivity contribution in [3.8, 4) is 17.1 Å². The molecule has 0 aliphatic carbocycles. The van der Waals surface area contributed by atoms with Gasteiger partial charge in [0.15, 0.2) is 0 Å². The van der Waals surface area contributed by atoms with Crippen LogP contribution in [0.4, 0.5) is 0 Å². The highest BCUT2D eigenvalue weighted by atomic mass is 16.5. The smallest absolute Gasteiger partial charge is 0.204 e. The van der Waals surface area contributed by atoms with E-state index in [1.54, 1.807) is 4.80 Å². The fraction of sp³-hybridized carbons (Fsp3) is 0.500. The van der Waals surface area contributed by atoms with Gasteiger partial charge in [0.2, 0.25) is 5.82 Å². The molecule has 1 aromatic carbocycles. The van der Waals surface area contributed by atoms with E-state index in [1.165, 1.54) is 0 Å². The van der Waals surface area contributed by atoms with Crippen molar-refractivity contribution >= 4 is 0 Å². The third-order valence-corrected chi connectivity index (χ3v) is 4.44. The highest BCUT2D eigenvalue weighted by Crippen LogP contribution is 2.28. The Morgan fingerprint density at radius 2 is 1.81 bits per heavy atom. The zero-order valence-corrected chi connectivity index (χ0v) is 16.5. The lowest BCUT2D eigenvalue weighted by Gasteiger charge is -2.13. The number of hydrogen-bond acceptors (Lipinski definition) is 6. The third-order valence-electron chi connectivity index (χ3n) is 4.44. The van der Waals surface area contributed by atoms with Crippen molar-refractivity contribution in [3.05, 3.63) is 40.8 Å². The van der Waals surface area contributed by atoms with Gasteiger partial charge < -0.3 is 9.26 Å². The summed E-state index contributed by atoms with van der Waals surface area (Å²) in [6, 6.07) is 6.12. The zero-order valence-electron chi connectivity index (χ0n) is 16.5. The predicted molar refractivity (Wildman–Crippen MR) is 103 cm³/mol. The molecular formula is C20H27N5O2. The summed E-state index contributed by atoms with van der Waals surface area (Å²) < 4.78 is 11.3. The SMILES string of the molecule is CCn1nnc(-c2cc(C)c(OCCCCCc3cc(C)no3)c(C)c2)n1. The minimum Gasteiger partial charge on any atom is -0.493 e. The van der Waals surface area contributed by atoms with Gasteiger partial charge in [0.05, 0.1) is 18.8 Å². The number of aromatic nitrogens is 5. The van der Waals surface area contributed by atoms with Crippen LogP contribution in [-0.4, -0.2) is 32.0 Å². The van der Waals surface area contributed by atoms with Crippen LogP contribution in [0.3, 0.4) is 0 Å².